The van der Waals surface area contributed by atoms with E-state index >= 15 is 0 Å². The number of hydrogen-bond acceptors (Lipinski definition) is 5. The van der Waals surface area contributed by atoms with Crippen LogP contribution < -0.4 is 10.1 Å². The zero-order valence-electron chi connectivity index (χ0n) is 15.7. The molecule has 0 radical (unpaired) electrons. The molecule has 0 saturated carbocycles. The smallest absolute Gasteiger partial charge is 0.375 e. The van der Waals surface area contributed by atoms with Crippen LogP contribution in [-0.2, 0) is 16.1 Å². The van der Waals surface area contributed by atoms with Crippen molar-refractivity contribution in [3.05, 3.63) is 82.0 Å². The fourth-order valence-electron chi connectivity index (χ4n) is 2.36. The van der Waals surface area contributed by atoms with E-state index in [0.717, 1.165) is 0 Å². The molecule has 0 aliphatic rings. The molecule has 1 amide bonds. The second-order valence-corrected chi connectivity index (χ2v) is 6.93. The Morgan fingerprint density at radius 3 is 2.57 bits per heavy atom. The molecule has 6 nitrogen and oxygen atoms in total. The van der Waals surface area contributed by atoms with E-state index in [1.54, 1.807) is 18.2 Å². The number of ether oxygens (including phenoxy) is 2. The van der Waals surface area contributed by atoms with Crippen LogP contribution in [0.5, 0.6) is 5.75 Å². The third kappa shape index (κ3) is 5.52. The van der Waals surface area contributed by atoms with E-state index in [-0.39, 0.29) is 28.2 Å². The van der Waals surface area contributed by atoms with Gasteiger partial charge < -0.3 is 19.2 Å². The number of rotatable bonds is 7. The van der Waals surface area contributed by atoms with E-state index in [4.69, 9.17) is 37.1 Å². The van der Waals surface area contributed by atoms with Gasteiger partial charge in [-0.1, -0.05) is 29.3 Å². The van der Waals surface area contributed by atoms with Gasteiger partial charge in [0, 0.05) is 0 Å². The van der Waals surface area contributed by atoms with Crippen LogP contribution in [0.2, 0.25) is 10.0 Å². The van der Waals surface area contributed by atoms with Crippen molar-refractivity contribution in [2.45, 2.75) is 19.6 Å². The largest absolute Gasteiger partial charge is 0.486 e. The minimum absolute atomic E-state index is 0.0300. The first-order chi connectivity index (χ1) is 14.3. The van der Waals surface area contributed by atoms with Gasteiger partial charge in [0.1, 0.15) is 23.9 Å². The Bertz CT molecular complexity index is 1050. The number of halogens is 3. The lowest BCUT2D eigenvalue weighted by Gasteiger charge is -2.14. The van der Waals surface area contributed by atoms with E-state index in [1.165, 1.54) is 43.3 Å². The van der Waals surface area contributed by atoms with Gasteiger partial charge in [0.15, 0.2) is 6.10 Å². The zero-order chi connectivity index (χ0) is 21.7. The number of carbonyl (C=O) groups excluding carboxylic acids is 2. The average Bonchev–Trinajstić information content (AvgIpc) is 3.20. The molecule has 1 aromatic heterocycles. The molecule has 0 aliphatic carbocycles. The summed E-state index contributed by atoms with van der Waals surface area (Å²) in [7, 11) is 0. The quantitative estimate of drug-likeness (QED) is 0.480. The highest BCUT2D eigenvalue weighted by molar-refractivity contribution is 6.44. The second-order valence-electron chi connectivity index (χ2n) is 6.15. The van der Waals surface area contributed by atoms with Crippen molar-refractivity contribution in [3.8, 4) is 5.75 Å². The van der Waals surface area contributed by atoms with Gasteiger partial charge in [-0.05, 0) is 55.5 Å². The first-order valence-corrected chi connectivity index (χ1v) is 9.52. The molecule has 2 aromatic carbocycles. The van der Waals surface area contributed by atoms with Crippen LogP contribution in [0.25, 0.3) is 0 Å². The molecule has 1 heterocycles. The number of esters is 1. The normalized spacial score (nSPS) is 11.6. The molecule has 1 unspecified atom stereocenters. The van der Waals surface area contributed by atoms with Crippen LogP contribution in [0.1, 0.15) is 23.2 Å². The van der Waals surface area contributed by atoms with Crippen molar-refractivity contribution in [1.82, 2.24) is 0 Å². The van der Waals surface area contributed by atoms with Gasteiger partial charge in [-0.25, -0.2) is 9.18 Å². The first kappa shape index (κ1) is 21.7. The summed E-state index contributed by atoms with van der Waals surface area (Å²) in [5.41, 5.74) is 0.301. The molecule has 0 spiro atoms. The van der Waals surface area contributed by atoms with Gasteiger partial charge in [0.05, 0.1) is 15.7 Å². The highest BCUT2D eigenvalue weighted by atomic mass is 35.5. The number of hydrogen-bond donors (Lipinski definition) is 1. The second kappa shape index (κ2) is 9.65. The summed E-state index contributed by atoms with van der Waals surface area (Å²) in [6.45, 7) is 1.44. The summed E-state index contributed by atoms with van der Waals surface area (Å²) in [6, 6.07) is 13.2. The molecule has 1 atom stereocenters. The first-order valence-electron chi connectivity index (χ1n) is 8.76. The minimum Gasteiger partial charge on any atom is -0.486 e. The molecule has 0 bridgehead atoms. The van der Waals surface area contributed by atoms with Crippen LogP contribution >= 0.6 is 23.2 Å². The molecule has 30 heavy (non-hydrogen) atoms. The van der Waals surface area contributed by atoms with Crippen molar-refractivity contribution in [2.24, 2.45) is 0 Å². The van der Waals surface area contributed by atoms with Gasteiger partial charge in [-0.3, -0.25) is 4.79 Å². The van der Waals surface area contributed by atoms with Crippen molar-refractivity contribution in [3.63, 3.8) is 0 Å². The lowest BCUT2D eigenvalue weighted by molar-refractivity contribution is -0.123. The Hall–Kier alpha value is -3.03. The zero-order valence-corrected chi connectivity index (χ0v) is 17.2. The van der Waals surface area contributed by atoms with Crippen molar-refractivity contribution in [2.75, 3.05) is 5.32 Å². The van der Waals surface area contributed by atoms with Gasteiger partial charge >= 0.3 is 5.97 Å². The topological polar surface area (TPSA) is 77.8 Å². The maximum Gasteiger partial charge on any atom is 0.375 e. The lowest BCUT2D eigenvalue weighted by Crippen LogP contribution is -2.30. The van der Waals surface area contributed by atoms with Crippen LogP contribution in [0, 0.1) is 5.82 Å². The third-order valence-corrected chi connectivity index (χ3v) is 4.74. The van der Waals surface area contributed by atoms with E-state index < -0.39 is 18.0 Å². The highest BCUT2D eigenvalue weighted by Gasteiger charge is 2.22. The van der Waals surface area contributed by atoms with Gasteiger partial charge in [-0.15, -0.1) is 0 Å². The maximum absolute atomic E-state index is 12.9. The van der Waals surface area contributed by atoms with Gasteiger partial charge in [0.25, 0.3) is 5.91 Å². The maximum atomic E-state index is 12.9. The van der Waals surface area contributed by atoms with E-state index in [2.05, 4.69) is 5.32 Å². The van der Waals surface area contributed by atoms with Crippen LogP contribution in [-0.4, -0.2) is 18.0 Å². The Balaban J connectivity index is 1.54. The molecule has 9 heteroatoms. The molecule has 3 rings (SSSR count). The third-order valence-electron chi connectivity index (χ3n) is 3.92. The number of benzene rings is 2. The predicted molar refractivity (Wildman–Crippen MR) is 109 cm³/mol. The van der Waals surface area contributed by atoms with Crippen LogP contribution in [0.15, 0.2) is 59.0 Å². The van der Waals surface area contributed by atoms with Crippen molar-refractivity contribution < 1.29 is 27.9 Å². The molecular formula is C21H16Cl2FNO5. The Morgan fingerprint density at radius 1 is 1.10 bits per heavy atom. The monoisotopic (exact) mass is 451 g/mol. The Labute approximate surface area is 181 Å². The van der Waals surface area contributed by atoms with Crippen LogP contribution in [0.4, 0.5) is 10.1 Å². The van der Waals surface area contributed by atoms with E-state index in [0.29, 0.717) is 17.2 Å². The molecular weight excluding hydrogens is 436 g/mol. The number of nitrogens with one attached hydrogen (secondary N) is 1. The van der Waals surface area contributed by atoms with Gasteiger partial charge in [0.2, 0.25) is 5.76 Å². The predicted octanol–water partition coefficient (Wildman–Crippen LogP) is 5.49. The lowest BCUT2D eigenvalue weighted by atomic mass is 10.3. The number of amides is 1. The Morgan fingerprint density at radius 2 is 1.83 bits per heavy atom. The fraction of sp³-hybridized carbons (Fsp3) is 0.143. The number of anilines is 1. The summed E-state index contributed by atoms with van der Waals surface area (Å²) >= 11 is 11.9. The SMILES string of the molecule is CC(OC(=O)c1ccc(COc2ccc(F)cc2)o1)C(=O)Nc1cccc(Cl)c1Cl. The average molecular weight is 452 g/mol. The summed E-state index contributed by atoms with van der Waals surface area (Å²) in [5, 5.41) is 3.01. The minimum atomic E-state index is -1.11. The number of carbonyl (C=O) groups is 2. The molecule has 0 fully saturated rings. The summed E-state index contributed by atoms with van der Waals surface area (Å²) in [4.78, 5) is 24.5. The molecule has 3 aromatic rings. The molecule has 1 N–H and O–H groups in total. The van der Waals surface area contributed by atoms with Gasteiger partial charge in [-0.2, -0.15) is 0 Å². The van der Waals surface area contributed by atoms with Crippen LogP contribution in [0.3, 0.4) is 0 Å². The summed E-state index contributed by atoms with van der Waals surface area (Å²) < 4.78 is 28.9. The molecule has 0 saturated heterocycles. The highest BCUT2D eigenvalue weighted by Crippen LogP contribution is 2.29. The molecule has 0 aliphatic heterocycles. The Kier molecular flexibility index (Phi) is 6.97. The number of furan rings is 1. The summed E-state index contributed by atoms with van der Waals surface area (Å²) in [5.74, 6) is -1.06. The molecule has 156 valence electrons. The van der Waals surface area contributed by atoms with E-state index in [1.807, 2.05) is 0 Å². The summed E-state index contributed by atoms with van der Waals surface area (Å²) in [6.07, 6.45) is -1.11. The van der Waals surface area contributed by atoms with Crippen molar-refractivity contribution in [1.29, 1.82) is 0 Å². The van der Waals surface area contributed by atoms with E-state index in [9.17, 15) is 14.0 Å². The standard InChI is InChI=1S/C21H16Cl2FNO5/c1-12(20(26)25-17-4-2-3-16(22)19(17)23)29-21(27)18-10-9-15(30-18)11-28-14-7-5-13(24)6-8-14/h2-10,12H,11H2,1H3,(H,25,26). The fourth-order valence-corrected chi connectivity index (χ4v) is 2.71. The van der Waals surface area contributed by atoms with Crippen molar-refractivity contribution >= 4 is 40.8 Å².